The third-order valence-corrected chi connectivity index (χ3v) is 2.88. The van der Waals surface area contributed by atoms with Crippen LogP contribution in [0.2, 0.25) is 0 Å². The third kappa shape index (κ3) is 0.870. The van der Waals surface area contributed by atoms with Gasteiger partial charge in [0.05, 0.1) is 0 Å². The Kier molecular flexibility index (Phi) is 1.49. The van der Waals surface area contributed by atoms with Crippen LogP contribution in [0.4, 0.5) is 0 Å². The van der Waals surface area contributed by atoms with Crippen LogP contribution in [0.1, 0.15) is 12.8 Å². The molecule has 56 valence electrons. The molecule has 1 saturated carbocycles. The first kappa shape index (κ1) is 6.35. The lowest BCUT2D eigenvalue weighted by molar-refractivity contribution is -0.111. The molecule has 0 aromatic heterocycles. The van der Waals surface area contributed by atoms with Crippen molar-refractivity contribution in [2.45, 2.75) is 12.8 Å². The van der Waals surface area contributed by atoms with Gasteiger partial charge in [0.15, 0.2) is 0 Å². The Morgan fingerprint density at radius 2 is 1.80 bits per heavy atom. The number of aldehydes is 1. The van der Waals surface area contributed by atoms with Gasteiger partial charge < -0.3 is 10.1 Å². The molecule has 3 atom stereocenters. The van der Waals surface area contributed by atoms with Crippen molar-refractivity contribution in [3.8, 4) is 0 Å². The van der Waals surface area contributed by atoms with Crippen molar-refractivity contribution in [2.24, 2.45) is 17.8 Å². The fourth-order valence-corrected chi connectivity index (χ4v) is 2.32. The Bertz CT molecular complexity index is 134. The lowest BCUT2D eigenvalue weighted by Crippen LogP contribution is -2.12. The largest absolute Gasteiger partial charge is 0.316 e. The molecule has 1 saturated heterocycles. The summed E-state index contributed by atoms with van der Waals surface area (Å²) in [6.07, 6.45) is 3.42. The number of rotatable bonds is 1. The first-order chi connectivity index (χ1) is 4.90. The third-order valence-electron chi connectivity index (χ3n) is 2.88. The second kappa shape index (κ2) is 2.35. The molecule has 2 heteroatoms. The van der Waals surface area contributed by atoms with Crippen molar-refractivity contribution in [3.63, 3.8) is 0 Å². The van der Waals surface area contributed by atoms with E-state index >= 15 is 0 Å². The summed E-state index contributed by atoms with van der Waals surface area (Å²) in [4.78, 5) is 10.4. The van der Waals surface area contributed by atoms with Crippen molar-refractivity contribution in [2.75, 3.05) is 13.1 Å². The molecule has 2 unspecified atom stereocenters. The molecule has 0 spiro atoms. The molecule has 1 heterocycles. The van der Waals surface area contributed by atoms with Crippen molar-refractivity contribution < 1.29 is 4.79 Å². The topological polar surface area (TPSA) is 29.1 Å². The van der Waals surface area contributed by atoms with Gasteiger partial charge in [-0.1, -0.05) is 0 Å². The molecule has 1 aliphatic heterocycles. The molecule has 2 rings (SSSR count). The zero-order valence-corrected chi connectivity index (χ0v) is 6.05. The van der Waals surface area contributed by atoms with E-state index in [1.165, 1.54) is 0 Å². The fourth-order valence-electron chi connectivity index (χ4n) is 2.32. The molecular weight excluding hydrogens is 126 g/mol. The standard InChI is InChI=1S/C8H13NO/c10-5-6-1-7-3-9-4-8(7)2-6/h5-9H,1-4H2/t6?,7-,8?/m1/s1. The first-order valence-electron chi connectivity index (χ1n) is 4.06. The molecule has 10 heavy (non-hydrogen) atoms. The molecular formula is C8H13NO. The molecule has 1 aliphatic carbocycles. The van der Waals surface area contributed by atoms with Crippen molar-refractivity contribution in [1.82, 2.24) is 5.32 Å². The van der Waals surface area contributed by atoms with E-state index in [1.807, 2.05) is 0 Å². The molecule has 0 aromatic carbocycles. The van der Waals surface area contributed by atoms with Crippen LogP contribution in [0.3, 0.4) is 0 Å². The smallest absolute Gasteiger partial charge is 0.123 e. The Morgan fingerprint density at radius 3 is 2.30 bits per heavy atom. The summed E-state index contributed by atoms with van der Waals surface area (Å²) in [5.74, 6) is 2.02. The van der Waals surface area contributed by atoms with E-state index in [0.29, 0.717) is 5.92 Å². The van der Waals surface area contributed by atoms with E-state index in [-0.39, 0.29) is 0 Å². The van der Waals surface area contributed by atoms with Crippen LogP contribution in [0.15, 0.2) is 0 Å². The van der Waals surface area contributed by atoms with Crippen LogP contribution in [-0.2, 0) is 4.79 Å². The van der Waals surface area contributed by atoms with Crippen LogP contribution >= 0.6 is 0 Å². The fraction of sp³-hybridized carbons (Fsp3) is 0.875. The maximum Gasteiger partial charge on any atom is 0.123 e. The highest BCUT2D eigenvalue weighted by Crippen LogP contribution is 2.37. The van der Waals surface area contributed by atoms with Crippen LogP contribution in [0.25, 0.3) is 0 Å². The normalized spacial score (nSPS) is 45.4. The summed E-state index contributed by atoms with van der Waals surface area (Å²) in [6.45, 7) is 2.30. The molecule has 2 nitrogen and oxygen atoms in total. The van der Waals surface area contributed by atoms with Gasteiger partial charge in [-0.2, -0.15) is 0 Å². The Hall–Kier alpha value is -0.370. The van der Waals surface area contributed by atoms with Gasteiger partial charge in [-0.25, -0.2) is 0 Å². The summed E-state index contributed by atoms with van der Waals surface area (Å²) in [5, 5.41) is 3.35. The lowest BCUT2D eigenvalue weighted by Gasteiger charge is -2.02. The van der Waals surface area contributed by atoms with Gasteiger partial charge in [-0.3, -0.25) is 0 Å². The maximum absolute atomic E-state index is 10.4. The number of hydrogen-bond donors (Lipinski definition) is 1. The van der Waals surface area contributed by atoms with E-state index in [2.05, 4.69) is 5.32 Å². The van der Waals surface area contributed by atoms with Crippen LogP contribution in [0.5, 0.6) is 0 Å². The van der Waals surface area contributed by atoms with Crippen LogP contribution in [0, 0.1) is 17.8 Å². The van der Waals surface area contributed by atoms with Crippen molar-refractivity contribution in [1.29, 1.82) is 0 Å². The Morgan fingerprint density at radius 1 is 1.20 bits per heavy atom. The van der Waals surface area contributed by atoms with Crippen LogP contribution in [-0.4, -0.2) is 19.4 Å². The van der Waals surface area contributed by atoms with Gasteiger partial charge in [0.2, 0.25) is 0 Å². The molecule has 2 fully saturated rings. The van der Waals surface area contributed by atoms with Gasteiger partial charge in [0.25, 0.3) is 0 Å². The number of hydrogen-bond acceptors (Lipinski definition) is 2. The Balaban J connectivity index is 1.99. The van der Waals surface area contributed by atoms with Gasteiger partial charge in [0, 0.05) is 5.92 Å². The number of carbonyl (C=O) groups is 1. The van der Waals surface area contributed by atoms with Gasteiger partial charge in [-0.15, -0.1) is 0 Å². The predicted octanol–water partition coefficient (Wildman–Crippen LogP) is 0.431. The number of nitrogens with one attached hydrogen (secondary N) is 1. The monoisotopic (exact) mass is 139 g/mol. The number of fused-ring (bicyclic) bond motifs is 1. The van der Waals surface area contributed by atoms with E-state index in [0.717, 1.165) is 44.1 Å². The summed E-state index contributed by atoms with van der Waals surface area (Å²) in [5.41, 5.74) is 0. The summed E-state index contributed by atoms with van der Waals surface area (Å²) >= 11 is 0. The van der Waals surface area contributed by atoms with Crippen LogP contribution < -0.4 is 5.32 Å². The molecule has 0 radical (unpaired) electrons. The average Bonchev–Trinajstić information content (AvgIpc) is 2.42. The van der Waals surface area contributed by atoms with E-state index < -0.39 is 0 Å². The average molecular weight is 139 g/mol. The Labute approximate surface area is 61.0 Å². The summed E-state index contributed by atoms with van der Waals surface area (Å²) < 4.78 is 0. The highest BCUT2D eigenvalue weighted by atomic mass is 16.1. The highest BCUT2D eigenvalue weighted by molar-refractivity contribution is 5.54. The van der Waals surface area contributed by atoms with Crippen molar-refractivity contribution >= 4 is 6.29 Å². The second-order valence-corrected chi connectivity index (χ2v) is 3.55. The maximum atomic E-state index is 10.4. The zero-order chi connectivity index (χ0) is 6.97. The quantitative estimate of drug-likeness (QED) is 0.534. The van der Waals surface area contributed by atoms with E-state index in [4.69, 9.17) is 0 Å². The van der Waals surface area contributed by atoms with E-state index in [1.54, 1.807) is 0 Å². The minimum Gasteiger partial charge on any atom is -0.316 e. The number of carbonyl (C=O) groups excluding carboxylic acids is 1. The summed E-state index contributed by atoms with van der Waals surface area (Å²) in [6, 6.07) is 0. The summed E-state index contributed by atoms with van der Waals surface area (Å²) in [7, 11) is 0. The minimum atomic E-state index is 0.386. The van der Waals surface area contributed by atoms with Gasteiger partial charge in [-0.05, 0) is 37.8 Å². The molecule has 0 bridgehead atoms. The van der Waals surface area contributed by atoms with Crippen molar-refractivity contribution in [3.05, 3.63) is 0 Å². The molecule has 2 aliphatic rings. The van der Waals surface area contributed by atoms with E-state index in [9.17, 15) is 4.79 Å². The highest BCUT2D eigenvalue weighted by Gasteiger charge is 2.36. The van der Waals surface area contributed by atoms with Gasteiger partial charge >= 0.3 is 0 Å². The molecule has 0 amide bonds. The predicted molar refractivity (Wildman–Crippen MR) is 38.6 cm³/mol. The molecule has 0 aromatic rings. The first-order valence-corrected chi connectivity index (χ1v) is 4.06. The van der Waals surface area contributed by atoms with Gasteiger partial charge in [0.1, 0.15) is 6.29 Å². The second-order valence-electron chi connectivity index (χ2n) is 3.55. The zero-order valence-electron chi connectivity index (χ0n) is 6.05. The molecule has 1 N–H and O–H groups in total. The SMILES string of the molecule is O=CC1CC2CNC[C@H]2C1. The minimum absolute atomic E-state index is 0.386. The lowest BCUT2D eigenvalue weighted by atomic mass is 10.0.